The summed E-state index contributed by atoms with van der Waals surface area (Å²) in [7, 11) is 0. The third kappa shape index (κ3) is 2.68. The highest BCUT2D eigenvalue weighted by atomic mass is 16.5. The van der Waals surface area contributed by atoms with Crippen molar-refractivity contribution in [3.8, 4) is 0 Å². The predicted molar refractivity (Wildman–Crippen MR) is 63.1 cm³/mol. The van der Waals surface area contributed by atoms with Crippen molar-refractivity contribution in [2.45, 2.75) is 19.9 Å². The molecule has 0 aromatic carbocycles. The van der Waals surface area contributed by atoms with Gasteiger partial charge in [-0.05, 0) is 13.8 Å². The Bertz CT molecular complexity index is 506. The molecular weight excluding hydrogens is 236 g/mol. The molecule has 0 bridgehead atoms. The molecule has 0 aliphatic carbocycles. The van der Waals surface area contributed by atoms with Gasteiger partial charge in [0.05, 0.1) is 18.8 Å². The first kappa shape index (κ1) is 12.2. The normalized spacial score (nSPS) is 12.1. The molecule has 0 aliphatic rings. The number of hydrogen-bond donors (Lipinski definition) is 2. The Morgan fingerprint density at radius 2 is 2.50 bits per heavy atom. The Morgan fingerprint density at radius 3 is 3.17 bits per heavy atom. The SMILES string of the molecule is CCOC(=O)c1coc(NC(C)c2cn[nH]c2)n1. The summed E-state index contributed by atoms with van der Waals surface area (Å²) in [6.07, 6.45) is 4.74. The molecule has 0 saturated carbocycles. The lowest BCUT2D eigenvalue weighted by molar-refractivity contribution is 0.0519. The van der Waals surface area contributed by atoms with E-state index < -0.39 is 5.97 Å². The van der Waals surface area contributed by atoms with E-state index in [1.807, 2.05) is 6.92 Å². The summed E-state index contributed by atoms with van der Waals surface area (Å²) in [5.74, 6) is -0.495. The van der Waals surface area contributed by atoms with Crippen molar-refractivity contribution < 1.29 is 13.9 Å². The third-order valence-electron chi connectivity index (χ3n) is 2.35. The molecular formula is C11H14N4O3. The third-order valence-corrected chi connectivity index (χ3v) is 2.35. The van der Waals surface area contributed by atoms with Crippen LogP contribution in [-0.2, 0) is 4.74 Å². The lowest BCUT2D eigenvalue weighted by Crippen LogP contribution is -2.08. The van der Waals surface area contributed by atoms with Crippen molar-refractivity contribution in [1.82, 2.24) is 15.2 Å². The summed E-state index contributed by atoms with van der Waals surface area (Å²) >= 11 is 0. The van der Waals surface area contributed by atoms with Gasteiger partial charge in [0.15, 0.2) is 5.69 Å². The highest BCUT2D eigenvalue weighted by molar-refractivity contribution is 5.87. The molecule has 2 aromatic heterocycles. The van der Waals surface area contributed by atoms with Crippen LogP contribution in [0, 0.1) is 0 Å². The summed E-state index contributed by atoms with van der Waals surface area (Å²) in [6, 6.07) is 0.240. The summed E-state index contributed by atoms with van der Waals surface area (Å²) in [5.41, 5.74) is 1.12. The van der Waals surface area contributed by atoms with Crippen LogP contribution < -0.4 is 5.32 Å². The van der Waals surface area contributed by atoms with Gasteiger partial charge in [-0.25, -0.2) is 4.79 Å². The van der Waals surface area contributed by atoms with Gasteiger partial charge >= 0.3 is 5.97 Å². The van der Waals surface area contributed by atoms with Crippen LogP contribution >= 0.6 is 0 Å². The first-order chi connectivity index (χ1) is 8.70. The van der Waals surface area contributed by atoms with Crippen molar-refractivity contribution >= 4 is 12.0 Å². The Kier molecular flexibility index (Phi) is 3.61. The maximum atomic E-state index is 11.4. The summed E-state index contributed by atoms with van der Waals surface area (Å²) in [4.78, 5) is 15.4. The first-order valence-corrected chi connectivity index (χ1v) is 5.58. The second kappa shape index (κ2) is 5.35. The van der Waals surface area contributed by atoms with Gasteiger partial charge in [0.1, 0.15) is 6.26 Å². The molecule has 96 valence electrons. The second-order valence-corrected chi connectivity index (χ2v) is 3.66. The summed E-state index contributed by atoms with van der Waals surface area (Å²) in [5, 5.41) is 9.59. The monoisotopic (exact) mass is 250 g/mol. The van der Waals surface area contributed by atoms with Gasteiger partial charge in [0.2, 0.25) is 0 Å². The van der Waals surface area contributed by atoms with E-state index in [9.17, 15) is 4.79 Å². The summed E-state index contributed by atoms with van der Waals surface area (Å²) in [6.45, 7) is 3.97. The molecule has 1 unspecified atom stereocenters. The number of rotatable bonds is 5. The molecule has 2 rings (SSSR count). The number of oxazole rings is 1. The predicted octanol–water partition coefficient (Wildman–Crippen LogP) is 1.75. The number of carbonyl (C=O) groups excluding carboxylic acids is 1. The van der Waals surface area contributed by atoms with Gasteiger partial charge < -0.3 is 14.5 Å². The molecule has 2 heterocycles. The molecule has 18 heavy (non-hydrogen) atoms. The Labute approximate surface area is 104 Å². The van der Waals surface area contributed by atoms with Crippen LogP contribution in [0.2, 0.25) is 0 Å². The highest BCUT2D eigenvalue weighted by Crippen LogP contribution is 2.17. The highest BCUT2D eigenvalue weighted by Gasteiger charge is 2.15. The zero-order valence-electron chi connectivity index (χ0n) is 10.1. The number of anilines is 1. The molecule has 0 fully saturated rings. The quantitative estimate of drug-likeness (QED) is 0.785. The van der Waals surface area contributed by atoms with E-state index in [4.69, 9.17) is 9.15 Å². The van der Waals surface area contributed by atoms with E-state index in [1.165, 1.54) is 6.26 Å². The molecule has 0 spiro atoms. The number of carbonyl (C=O) groups is 1. The minimum atomic E-state index is -0.495. The Hall–Kier alpha value is -2.31. The number of aromatic amines is 1. The fraction of sp³-hybridized carbons (Fsp3) is 0.364. The van der Waals surface area contributed by atoms with E-state index in [-0.39, 0.29) is 17.8 Å². The van der Waals surface area contributed by atoms with Crippen molar-refractivity contribution in [3.05, 3.63) is 29.9 Å². The molecule has 7 heteroatoms. The van der Waals surface area contributed by atoms with Crippen LogP contribution in [-0.4, -0.2) is 27.8 Å². The van der Waals surface area contributed by atoms with Crippen LogP contribution in [0.3, 0.4) is 0 Å². The van der Waals surface area contributed by atoms with Crippen LogP contribution in [0.5, 0.6) is 0 Å². The maximum absolute atomic E-state index is 11.4. The van der Waals surface area contributed by atoms with Gasteiger partial charge in [-0.3, -0.25) is 5.10 Å². The largest absolute Gasteiger partial charge is 0.461 e. The average molecular weight is 250 g/mol. The minimum Gasteiger partial charge on any atom is -0.461 e. The summed E-state index contributed by atoms with van der Waals surface area (Å²) < 4.78 is 9.96. The topological polar surface area (TPSA) is 93.0 Å². The maximum Gasteiger partial charge on any atom is 0.360 e. The van der Waals surface area contributed by atoms with Crippen molar-refractivity contribution in [2.75, 3.05) is 11.9 Å². The van der Waals surface area contributed by atoms with Gasteiger partial charge in [0, 0.05) is 11.8 Å². The lowest BCUT2D eigenvalue weighted by atomic mass is 10.2. The Morgan fingerprint density at radius 1 is 1.67 bits per heavy atom. The van der Waals surface area contributed by atoms with Crippen LogP contribution in [0.25, 0.3) is 0 Å². The van der Waals surface area contributed by atoms with E-state index in [0.717, 1.165) is 5.56 Å². The molecule has 2 aromatic rings. The Balaban J connectivity index is 2.00. The van der Waals surface area contributed by atoms with E-state index in [1.54, 1.807) is 19.3 Å². The molecule has 0 radical (unpaired) electrons. The first-order valence-electron chi connectivity index (χ1n) is 5.58. The molecule has 0 saturated heterocycles. The molecule has 1 atom stereocenters. The number of aromatic nitrogens is 3. The minimum absolute atomic E-state index is 0.0301. The van der Waals surface area contributed by atoms with E-state index in [0.29, 0.717) is 6.61 Å². The second-order valence-electron chi connectivity index (χ2n) is 3.66. The number of nitrogens with zero attached hydrogens (tertiary/aromatic N) is 2. The van der Waals surface area contributed by atoms with Crippen LogP contribution in [0.4, 0.5) is 6.01 Å². The fourth-order valence-corrected chi connectivity index (χ4v) is 1.41. The van der Waals surface area contributed by atoms with Crippen molar-refractivity contribution in [3.63, 3.8) is 0 Å². The number of hydrogen-bond acceptors (Lipinski definition) is 6. The van der Waals surface area contributed by atoms with Gasteiger partial charge in [-0.2, -0.15) is 10.1 Å². The zero-order chi connectivity index (χ0) is 13.0. The molecule has 0 amide bonds. The molecule has 7 nitrogen and oxygen atoms in total. The van der Waals surface area contributed by atoms with Crippen LogP contribution in [0.15, 0.2) is 23.1 Å². The average Bonchev–Trinajstić information content (AvgIpc) is 2.99. The number of H-pyrrole nitrogens is 1. The lowest BCUT2D eigenvalue weighted by Gasteiger charge is -2.08. The van der Waals surface area contributed by atoms with Gasteiger partial charge in [-0.1, -0.05) is 0 Å². The number of nitrogens with one attached hydrogen (secondary N) is 2. The standard InChI is InChI=1S/C11H14N4O3/c1-3-17-10(16)9-6-18-11(15-9)14-7(2)8-4-12-13-5-8/h4-7H,3H2,1-2H3,(H,12,13)(H,14,15). The van der Waals surface area contributed by atoms with Gasteiger partial charge in [-0.15, -0.1) is 0 Å². The van der Waals surface area contributed by atoms with Crippen LogP contribution in [0.1, 0.15) is 35.9 Å². The molecule has 2 N–H and O–H groups in total. The zero-order valence-corrected chi connectivity index (χ0v) is 10.1. The van der Waals surface area contributed by atoms with E-state index >= 15 is 0 Å². The fourth-order valence-electron chi connectivity index (χ4n) is 1.41. The molecule has 0 aliphatic heterocycles. The van der Waals surface area contributed by atoms with Crippen molar-refractivity contribution in [2.24, 2.45) is 0 Å². The van der Waals surface area contributed by atoms with Crippen molar-refractivity contribution in [1.29, 1.82) is 0 Å². The smallest absolute Gasteiger partial charge is 0.360 e. The number of esters is 1. The van der Waals surface area contributed by atoms with Gasteiger partial charge in [0.25, 0.3) is 6.01 Å². The number of ether oxygens (including phenoxy) is 1. The van der Waals surface area contributed by atoms with E-state index in [2.05, 4.69) is 20.5 Å².